The van der Waals surface area contributed by atoms with Crippen LogP contribution in [0.2, 0.25) is 0 Å². The third-order valence-electron chi connectivity index (χ3n) is 8.34. The number of aromatic nitrogens is 1. The molecule has 0 saturated carbocycles. The van der Waals surface area contributed by atoms with Gasteiger partial charge in [-0.1, -0.05) is 48.5 Å². The smallest absolute Gasteiger partial charge is 0.338 e. The van der Waals surface area contributed by atoms with E-state index in [4.69, 9.17) is 0 Å². The monoisotopic (exact) mass is 594 g/mol. The molecule has 0 saturated heterocycles. The average molecular weight is 595 g/mol. The van der Waals surface area contributed by atoms with E-state index in [2.05, 4.69) is 16.1 Å². The molecule has 40 heavy (non-hydrogen) atoms. The number of carbonyl (C=O) groups excluding carboxylic acids is 1. The normalized spacial score (nSPS) is 17.7. The van der Waals surface area contributed by atoms with E-state index in [-0.39, 0.29) is 35.5 Å². The summed E-state index contributed by atoms with van der Waals surface area (Å²) in [5.74, 6) is -1.57. The van der Waals surface area contributed by atoms with Crippen LogP contribution in [-0.4, -0.2) is 21.3 Å². The van der Waals surface area contributed by atoms with Crippen molar-refractivity contribution in [2.75, 3.05) is 3.93 Å². The van der Waals surface area contributed by atoms with Gasteiger partial charge in [-0.2, -0.15) is 0 Å². The van der Waals surface area contributed by atoms with Gasteiger partial charge in [-0.05, 0) is 76.6 Å². The molecule has 2 heterocycles. The van der Waals surface area contributed by atoms with E-state index in [0.29, 0.717) is 35.2 Å². The van der Waals surface area contributed by atoms with Gasteiger partial charge >= 0.3 is 5.97 Å². The van der Waals surface area contributed by atoms with Crippen LogP contribution in [-0.2, 0) is 6.42 Å². The molecule has 7 heteroatoms. The number of pyridine rings is 1. The van der Waals surface area contributed by atoms with Crippen molar-refractivity contribution in [1.82, 2.24) is 4.40 Å². The molecule has 5 nitrogen and oxygen atoms in total. The van der Waals surface area contributed by atoms with Crippen LogP contribution in [0.3, 0.4) is 0 Å². The first-order chi connectivity index (χ1) is 19.4. The lowest BCUT2D eigenvalue weighted by atomic mass is 9.70. The SMILES string of the molecule is O=C1Cc2ccccc2-c2ccc3c(c21)C(N(Br)c1ccccc1F)CCC3c1ccn2cccc2c1C(=O)O. The van der Waals surface area contributed by atoms with Gasteiger partial charge in [0.05, 0.1) is 39.0 Å². The van der Waals surface area contributed by atoms with Crippen LogP contribution in [0.5, 0.6) is 0 Å². The van der Waals surface area contributed by atoms with E-state index in [1.807, 2.05) is 71.4 Å². The molecule has 2 aliphatic carbocycles. The highest BCUT2D eigenvalue weighted by Gasteiger charge is 2.39. The molecule has 0 spiro atoms. The molecule has 2 unspecified atom stereocenters. The maximum atomic E-state index is 15.0. The summed E-state index contributed by atoms with van der Waals surface area (Å²) in [6.45, 7) is 0. The van der Waals surface area contributed by atoms with E-state index >= 15 is 0 Å². The number of hydrogen-bond donors (Lipinski definition) is 1. The number of carboxylic acids is 1. The minimum absolute atomic E-state index is 0.0196. The predicted molar refractivity (Wildman–Crippen MR) is 156 cm³/mol. The highest BCUT2D eigenvalue weighted by molar-refractivity contribution is 9.10. The van der Waals surface area contributed by atoms with E-state index in [1.165, 1.54) is 6.07 Å². The van der Waals surface area contributed by atoms with Crippen molar-refractivity contribution in [3.63, 3.8) is 0 Å². The van der Waals surface area contributed by atoms with E-state index in [9.17, 15) is 19.1 Å². The Morgan fingerprint density at radius 2 is 1.70 bits per heavy atom. The number of nitrogens with zero attached hydrogens (tertiary/aromatic N) is 2. The number of Topliss-reactive ketones (excluding diaryl/α,β-unsaturated/α-hetero) is 1. The third kappa shape index (κ3) is 3.72. The first-order valence-corrected chi connectivity index (χ1v) is 14.0. The summed E-state index contributed by atoms with van der Waals surface area (Å²) in [6, 6.07) is 23.7. The first kappa shape index (κ1) is 24.8. The summed E-state index contributed by atoms with van der Waals surface area (Å²) in [5, 5.41) is 10.3. The standard InChI is InChI=1S/C33H24BrFN2O3/c34-37(26-9-4-3-8-25(26)35)28-14-13-21(24-15-17-36-16-5-10-27(36)31(24)33(39)40)23-12-11-22-20-7-2-1-6-19(20)18-29(38)32(22)30(23)28/h1-12,15-17,21,28H,13-14,18H2,(H,39,40). The Hall–Kier alpha value is -4.23. The number of ketones is 1. The fourth-order valence-electron chi connectivity index (χ4n) is 6.64. The number of carboxylic acid groups (broad SMARTS) is 1. The lowest BCUT2D eigenvalue weighted by Crippen LogP contribution is -2.30. The molecule has 2 aliphatic rings. The van der Waals surface area contributed by atoms with Gasteiger partial charge in [0.1, 0.15) is 5.82 Å². The van der Waals surface area contributed by atoms with Gasteiger partial charge < -0.3 is 9.51 Å². The molecular formula is C33H24BrFN2O3. The fourth-order valence-corrected chi connectivity index (χ4v) is 7.34. The Morgan fingerprint density at radius 1 is 0.900 bits per heavy atom. The van der Waals surface area contributed by atoms with Crippen molar-refractivity contribution < 1.29 is 19.1 Å². The maximum Gasteiger partial charge on any atom is 0.338 e. The van der Waals surface area contributed by atoms with Crippen LogP contribution in [0.15, 0.2) is 91.3 Å². The van der Waals surface area contributed by atoms with Crippen molar-refractivity contribution in [1.29, 1.82) is 0 Å². The molecular weight excluding hydrogens is 571 g/mol. The molecule has 198 valence electrons. The largest absolute Gasteiger partial charge is 0.478 e. The summed E-state index contributed by atoms with van der Waals surface area (Å²) in [5.41, 5.74) is 7.26. The van der Waals surface area contributed by atoms with Gasteiger partial charge in [0.25, 0.3) is 0 Å². The summed E-state index contributed by atoms with van der Waals surface area (Å²) in [7, 11) is 0. The highest BCUT2D eigenvalue weighted by Crippen LogP contribution is 2.51. The van der Waals surface area contributed by atoms with Crippen LogP contribution in [0.1, 0.15) is 67.8 Å². The Kier molecular flexibility index (Phi) is 5.86. The lowest BCUT2D eigenvalue weighted by Gasteiger charge is -2.39. The van der Waals surface area contributed by atoms with E-state index in [1.54, 1.807) is 22.1 Å². The topological polar surface area (TPSA) is 62.0 Å². The summed E-state index contributed by atoms with van der Waals surface area (Å²) >= 11 is 3.67. The molecule has 5 aromatic rings. The molecule has 0 amide bonds. The van der Waals surface area contributed by atoms with E-state index < -0.39 is 5.97 Å². The van der Waals surface area contributed by atoms with E-state index in [0.717, 1.165) is 27.8 Å². The second-order valence-corrected chi connectivity index (χ2v) is 11.2. The van der Waals surface area contributed by atoms with Gasteiger partial charge in [-0.3, -0.25) is 8.72 Å². The number of fused-ring (bicyclic) bond motifs is 6. The predicted octanol–water partition coefficient (Wildman–Crippen LogP) is 7.97. The Morgan fingerprint density at radius 3 is 2.52 bits per heavy atom. The minimum Gasteiger partial charge on any atom is -0.478 e. The van der Waals surface area contributed by atoms with Gasteiger partial charge in [0.15, 0.2) is 5.78 Å². The number of para-hydroxylation sites is 1. The van der Waals surface area contributed by atoms with Crippen molar-refractivity contribution in [3.05, 3.63) is 130 Å². The number of aromatic carboxylic acids is 1. The fraction of sp³-hybridized carbons (Fsp3) is 0.152. The summed E-state index contributed by atoms with van der Waals surface area (Å²) in [6.07, 6.45) is 5.23. The van der Waals surface area contributed by atoms with Gasteiger partial charge in [0, 0.05) is 30.3 Å². The van der Waals surface area contributed by atoms with Crippen LogP contribution >= 0.6 is 16.1 Å². The number of halogens is 2. The molecule has 0 aliphatic heterocycles. The number of hydrogen-bond acceptors (Lipinski definition) is 3. The summed E-state index contributed by atoms with van der Waals surface area (Å²) in [4.78, 5) is 26.4. The van der Waals surface area contributed by atoms with Crippen LogP contribution in [0.4, 0.5) is 10.1 Å². The lowest BCUT2D eigenvalue weighted by molar-refractivity contribution is 0.0696. The zero-order valence-corrected chi connectivity index (χ0v) is 22.9. The number of carbonyl (C=O) groups is 2. The van der Waals surface area contributed by atoms with Gasteiger partial charge in [0.2, 0.25) is 0 Å². The van der Waals surface area contributed by atoms with Crippen molar-refractivity contribution in [2.45, 2.75) is 31.2 Å². The quantitative estimate of drug-likeness (QED) is 0.214. The zero-order valence-electron chi connectivity index (χ0n) is 21.4. The molecule has 0 bridgehead atoms. The van der Waals surface area contributed by atoms with Crippen molar-refractivity contribution in [3.8, 4) is 11.1 Å². The zero-order chi connectivity index (χ0) is 27.5. The third-order valence-corrected chi connectivity index (χ3v) is 9.21. The van der Waals surface area contributed by atoms with Crippen LogP contribution in [0.25, 0.3) is 16.6 Å². The van der Waals surface area contributed by atoms with Gasteiger partial charge in [-0.25, -0.2) is 9.18 Å². The number of benzene rings is 3. The highest BCUT2D eigenvalue weighted by atomic mass is 79.9. The molecule has 7 rings (SSSR count). The van der Waals surface area contributed by atoms with Gasteiger partial charge in [-0.15, -0.1) is 0 Å². The maximum absolute atomic E-state index is 15.0. The molecule has 2 aromatic heterocycles. The second kappa shape index (κ2) is 9.45. The number of rotatable bonds is 4. The average Bonchev–Trinajstić information content (AvgIpc) is 3.44. The Bertz CT molecular complexity index is 1850. The Labute approximate surface area is 238 Å². The van der Waals surface area contributed by atoms with Crippen LogP contribution < -0.4 is 3.93 Å². The molecule has 0 radical (unpaired) electrons. The Balaban J connectivity index is 1.48. The molecule has 1 N–H and O–H groups in total. The molecule has 2 atom stereocenters. The number of anilines is 1. The van der Waals surface area contributed by atoms with Crippen molar-refractivity contribution >= 4 is 39.1 Å². The summed E-state index contributed by atoms with van der Waals surface area (Å²) < 4.78 is 18.5. The van der Waals surface area contributed by atoms with Crippen molar-refractivity contribution in [2.24, 2.45) is 0 Å². The molecule has 3 aromatic carbocycles. The minimum atomic E-state index is -0.987. The first-order valence-electron chi connectivity index (χ1n) is 13.2. The second-order valence-electron chi connectivity index (χ2n) is 10.4. The molecule has 0 fully saturated rings. The van der Waals surface area contributed by atoms with Crippen LogP contribution in [0, 0.1) is 5.82 Å².